The monoisotopic (exact) mass is 384 g/mol. The zero-order valence-electron chi connectivity index (χ0n) is 13.4. The average Bonchev–Trinajstić information content (AvgIpc) is 3.10. The molecule has 3 aliphatic rings. The van der Waals surface area contributed by atoms with Gasteiger partial charge in [-0.2, -0.15) is 0 Å². The molecule has 3 unspecified atom stereocenters. The molecule has 0 spiro atoms. The molecule has 0 N–H and O–H groups in total. The fourth-order valence-corrected chi connectivity index (χ4v) is 12.4. The van der Waals surface area contributed by atoms with Crippen LogP contribution in [0.2, 0.25) is 3.63 Å². The van der Waals surface area contributed by atoms with E-state index >= 15 is 0 Å². The van der Waals surface area contributed by atoms with Crippen molar-refractivity contribution in [3.05, 3.63) is 64.5 Å². The van der Waals surface area contributed by atoms with E-state index in [4.69, 9.17) is 0 Å². The Hall–Kier alpha value is -0.247. The Morgan fingerprint density at radius 1 is 1.14 bits per heavy atom. The Morgan fingerprint density at radius 3 is 2.86 bits per heavy atom. The molecule has 1 aromatic rings. The Kier molecular flexibility index (Phi) is 4.40. The Morgan fingerprint density at radius 2 is 2.00 bits per heavy atom. The van der Waals surface area contributed by atoms with Gasteiger partial charge in [0.25, 0.3) is 0 Å². The summed E-state index contributed by atoms with van der Waals surface area (Å²) in [5, 5.41) is 1.79. The van der Waals surface area contributed by atoms with Crippen LogP contribution in [0.1, 0.15) is 34.0 Å². The normalized spacial score (nSPS) is 29.1. The topological polar surface area (TPSA) is 0 Å². The molecule has 0 nitrogen and oxygen atoms in total. The predicted molar refractivity (Wildman–Crippen MR) is 94.2 cm³/mol. The van der Waals surface area contributed by atoms with E-state index in [-0.39, 0.29) is 7.92 Å². The van der Waals surface area contributed by atoms with Crippen LogP contribution in [0.5, 0.6) is 0 Å². The number of rotatable bonds is 3. The molecule has 0 heterocycles. The zero-order chi connectivity index (χ0) is 15.1. The Labute approximate surface area is 147 Å². The SMILES string of the molecule is CP(C)C1=Cc2ccccc2[CH]1[Zr][CH]1CCC2CC=CC=C21. The van der Waals surface area contributed by atoms with Gasteiger partial charge in [0.05, 0.1) is 0 Å². The van der Waals surface area contributed by atoms with Gasteiger partial charge in [-0.3, -0.25) is 0 Å². The first kappa shape index (κ1) is 15.3. The van der Waals surface area contributed by atoms with Gasteiger partial charge >= 0.3 is 148 Å². The molecular weight excluding hydrogens is 362 g/mol. The second-order valence-corrected chi connectivity index (χ2v) is 13.1. The summed E-state index contributed by atoms with van der Waals surface area (Å²) in [7, 11) is 0.0435. The second kappa shape index (κ2) is 6.33. The molecule has 0 radical (unpaired) electrons. The van der Waals surface area contributed by atoms with Crippen molar-refractivity contribution < 1.29 is 23.2 Å². The molecule has 1 fully saturated rings. The van der Waals surface area contributed by atoms with Crippen molar-refractivity contribution in [3.8, 4) is 0 Å². The average molecular weight is 386 g/mol. The van der Waals surface area contributed by atoms with Crippen molar-refractivity contribution in [1.82, 2.24) is 0 Å². The van der Waals surface area contributed by atoms with E-state index in [0.717, 1.165) is 13.2 Å². The first-order valence-electron chi connectivity index (χ1n) is 8.34. The summed E-state index contributed by atoms with van der Waals surface area (Å²) in [4.78, 5) is 0. The van der Waals surface area contributed by atoms with Gasteiger partial charge in [0.1, 0.15) is 0 Å². The summed E-state index contributed by atoms with van der Waals surface area (Å²) in [6.07, 6.45) is 13.9. The maximum absolute atomic E-state index is 2.54. The Balaban J connectivity index is 1.63. The third-order valence-electron chi connectivity index (χ3n) is 5.31. The van der Waals surface area contributed by atoms with Crippen molar-refractivity contribution in [3.63, 3.8) is 0 Å². The third-order valence-corrected chi connectivity index (χ3v) is 12.2. The van der Waals surface area contributed by atoms with E-state index in [0.29, 0.717) is 0 Å². The first-order valence-corrected chi connectivity index (χ1v) is 13.4. The van der Waals surface area contributed by atoms with Gasteiger partial charge in [0.2, 0.25) is 0 Å². The number of allylic oxidation sites excluding steroid dienone is 5. The molecule has 1 aromatic carbocycles. The van der Waals surface area contributed by atoms with Crippen LogP contribution in [0.4, 0.5) is 0 Å². The fraction of sp³-hybridized carbons (Fsp3) is 0.400. The van der Waals surface area contributed by atoms with Crippen molar-refractivity contribution in [2.24, 2.45) is 5.92 Å². The number of hydrogen-bond donors (Lipinski definition) is 0. The minimum atomic E-state index is -0.488. The summed E-state index contributed by atoms with van der Waals surface area (Å²) < 4.78 is 1.82. The van der Waals surface area contributed by atoms with Crippen LogP contribution >= 0.6 is 7.92 Å². The number of hydrogen-bond acceptors (Lipinski definition) is 0. The summed E-state index contributed by atoms with van der Waals surface area (Å²) in [6.45, 7) is 4.89. The molecule has 3 aliphatic carbocycles. The molecule has 0 amide bonds. The molecule has 22 heavy (non-hydrogen) atoms. The second-order valence-electron chi connectivity index (χ2n) is 6.85. The minimum absolute atomic E-state index is 0.0435. The molecule has 0 bridgehead atoms. The summed E-state index contributed by atoms with van der Waals surface area (Å²) in [5.41, 5.74) is 5.01. The van der Waals surface area contributed by atoms with Gasteiger partial charge in [0, 0.05) is 0 Å². The van der Waals surface area contributed by atoms with Crippen LogP contribution < -0.4 is 0 Å². The van der Waals surface area contributed by atoms with Crippen LogP contribution in [-0.2, 0) is 23.2 Å². The van der Waals surface area contributed by atoms with Crippen LogP contribution in [0.25, 0.3) is 6.08 Å². The van der Waals surface area contributed by atoms with E-state index in [9.17, 15) is 0 Å². The van der Waals surface area contributed by atoms with E-state index in [2.05, 4.69) is 61.9 Å². The van der Waals surface area contributed by atoms with E-state index in [1.54, 1.807) is 10.9 Å². The zero-order valence-corrected chi connectivity index (χ0v) is 16.8. The third kappa shape index (κ3) is 2.70. The summed E-state index contributed by atoms with van der Waals surface area (Å²) in [6, 6.07) is 9.18. The molecule has 4 rings (SSSR count). The fourth-order valence-electron chi connectivity index (χ4n) is 4.16. The van der Waals surface area contributed by atoms with E-state index in [1.165, 1.54) is 24.8 Å². The van der Waals surface area contributed by atoms with Gasteiger partial charge in [-0.25, -0.2) is 0 Å². The number of fused-ring (bicyclic) bond motifs is 2. The van der Waals surface area contributed by atoms with Gasteiger partial charge in [-0.15, -0.1) is 0 Å². The molecule has 0 aromatic heterocycles. The first-order chi connectivity index (χ1) is 10.7. The molecule has 2 heteroatoms. The van der Waals surface area contributed by atoms with Gasteiger partial charge < -0.3 is 0 Å². The molecule has 0 saturated heterocycles. The van der Waals surface area contributed by atoms with Gasteiger partial charge in [0.15, 0.2) is 0 Å². The molecule has 0 aliphatic heterocycles. The molecule has 3 atom stereocenters. The van der Waals surface area contributed by atoms with Crippen LogP contribution in [-0.4, -0.2) is 13.3 Å². The van der Waals surface area contributed by atoms with Gasteiger partial charge in [-0.05, 0) is 0 Å². The Bertz CT molecular complexity index is 668. The van der Waals surface area contributed by atoms with Crippen LogP contribution in [0.15, 0.2) is 53.4 Å². The molecule has 1 saturated carbocycles. The van der Waals surface area contributed by atoms with Crippen molar-refractivity contribution in [2.75, 3.05) is 13.3 Å². The van der Waals surface area contributed by atoms with Crippen molar-refractivity contribution in [2.45, 2.75) is 26.5 Å². The summed E-state index contributed by atoms with van der Waals surface area (Å²) in [5.74, 6) is 0.893. The predicted octanol–water partition coefficient (Wildman–Crippen LogP) is 5.99. The van der Waals surface area contributed by atoms with Crippen LogP contribution in [0, 0.1) is 5.92 Å². The number of benzene rings is 1. The van der Waals surface area contributed by atoms with Crippen molar-refractivity contribution in [1.29, 1.82) is 0 Å². The standard InChI is InChI=1S/C11H12P.C9H11.Zr/c1-12(2)11-7-9-5-3-4-6-10(9)8-11;1-2-5-9-7-3-6-8(9)4-1;/h3-8H,1-2H3;1-2,4,6,9H,3,5,7H2;. The quantitative estimate of drug-likeness (QED) is 0.561. The molecule has 112 valence electrons. The van der Waals surface area contributed by atoms with Crippen molar-refractivity contribution >= 4 is 14.0 Å². The maximum atomic E-state index is 2.54. The van der Waals surface area contributed by atoms with Crippen LogP contribution in [0.3, 0.4) is 0 Å². The van der Waals surface area contributed by atoms with Gasteiger partial charge in [-0.1, -0.05) is 0 Å². The molecular formula is C20H23PZr. The summed E-state index contributed by atoms with van der Waals surface area (Å²) >= 11 is -0.488. The van der Waals surface area contributed by atoms with E-state index < -0.39 is 23.2 Å². The van der Waals surface area contributed by atoms with E-state index in [1.807, 2.05) is 5.57 Å².